The molecule has 6 heteroatoms. The van der Waals surface area contributed by atoms with Gasteiger partial charge in [0.2, 0.25) is 0 Å². The van der Waals surface area contributed by atoms with Crippen molar-refractivity contribution in [3.8, 4) is 0 Å². The molecule has 0 aliphatic rings. The fourth-order valence-corrected chi connectivity index (χ4v) is 2.37. The van der Waals surface area contributed by atoms with Crippen LogP contribution in [0, 0.1) is 0 Å². The van der Waals surface area contributed by atoms with Crippen molar-refractivity contribution < 1.29 is 4.79 Å². The maximum atomic E-state index is 12.1. The molecule has 0 fully saturated rings. The standard InChI is InChI=1S/C11H18N4OS/c1-4-8(7-17-3)15(2)11(16)9-5-13-6-10(12)14-9/h5-6,8H,4,7H2,1-3H3,(H2,12,14). The number of nitrogens with two attached hydrogens (primary N) is 1. The van der Waals surface area contributed by atoms with Crippen LogP contribution in [0.5, 0.6) is 0 Å². The van der Waals surface area contributed by atoms with Gasteiger partial charge in [0, 0.05) is 18.8 Å². The Kier molecular flexibility index (Phi) is 5.21. The lowest BCUT2D eigenvalue weighted by Crippen LogP contribution is -2.38. The van der Waals surface area contributed by atoms with E-state index >= 15 is 0 Å². The summed E-state index contributed by atoms with van der Waals surface area (Å²) in [6, 6.07) is 0.209. The molecule has 0 spiro atoms. The van der Waals surface area contributed by atoms with Gasteiger partial charge in [0.15, 0.2) is 0 Å². The number of aromatic nitrogens is 2. The molecule has 0 saturated heterocycles. The summed E-state index contributed by atoms with van der Waals surface area (Å²) in [4.78, 5) is 21.7. The Morgan fingerprint density at radius 3 is 2.82 bits per heavy atom. The molecule has 94 valence electrons. The van der Waals surface area contributed by atoms with Crippen molar-refractivity contribution in [2.24, 2.45) is 0 Å². The zero-order valence-corrected chi connectivity index (χ0v) is 11.2. The second-order valence-corrected chi connectivity index (χ2v) is 4.67. The van der Waals surface area contributed by atoms with Gasteiger partial charge in [-0.1, -0.05) is 6.92 Å². The fraction of sp³-hybridized carbons (Fsp3) is 0.545. The number of amides is 1. The van der Waals surface area contributed by atoms with E-state index in [-0.39, 0.29) is 17.8 Å². The third-order valence-electron chi connectivity index (χ3n) is 2.57. The van der Waals surface area contributed by atoms with E-state index in [1.807, 2.05) is 6.26 Å². The average molecular weight is 254 g/mol. The van der Waals surface area contributed by atoms with Crippen LogP contribution < -0.4 is 5.73 Å². The Morgan fingerprint density at radius 2 is 2.29 bits per heavy atom. The van der Waals surface area contributed by atoms with Crippen molar-refractivity contribution in [3.63, 3.8) is 0 Å². The smallest absolute Gasteiger partial charge is 0.274 e. The van der Waals surface area contributed by atoms with Crippen molar-refractivity contribution in [1.82, 2.24) is 14.9 Å². The topological polar surface area (TPSA) is 72.1 Å². The third kappa shape index (κ3) is 3.59. The molecule has 0 aliphatic heterocycles. The predicted molar refractivity (Wildman–Crippen MR) is 71.0 cm³/mol. The van der Waals surface area contributed by atoms with E-state index < -0.39 is 0 Å². The van der Waals surface area contributed by atoms with Gasteiger partial charge >= 0.3 is 0 Å². The number of carbonyl (C=O) groups excluding carboxylic acids is 1. The molecule has 1 amide bonds. The van der Waals surface area contributed by atoms with Crippen LogP contribution in [-0.4, -0.2) is 45.9 Å². The molecule has 0 aromatic carbocycles. The molecule has 2 N–H and O–H groups in total. The van der Waals surface area contributed by atoms with Gasteiger partial charge in [-0.3, -0.25) is 9.78 Å². The highest BCUT2D eigenvalue weighted by molar-refractivity contribution is 7.98. The third-order valence-corrected chi connectivity index (χ3v) is 3.29. The van der Waals surface area contributed by atoms with Gasteiger partial charge < -0.3 is 10.6 Å². The number of nitrogen functional groups attached to an aromatic ring is 1. The fourth-order valence-electron chi connectivity index (χ4n) is 1.53. The number of rotatable bonds is 5. The van der Waals surface area contributed by atoms with E-state index in [0.717, 1.165) is 12.2 Å². The van der Waals surface area contributed by atoms with E-state index in [0.29, 0.717) is 5.69 Å². The first-order valence-corrected chi connectivity index (χ1v) is 6.83. The largest absolute Gasteiger partial charge is 0.382 e. The molecular weight excluding hydrogens is 236 g/mol. The number of thioether (sulfide) groups is 1. The van der Waals surface area contributed by atoms with E-state index in [9.17, 15) is 4.79 Å². The van der Waals surface area contributed by atoms with E-state index in [2.05, 4.69) is 16.9 Å². The number of hydrogen-bond acceptors (Lipinski definition) is 5. The Labute approximate surface area is 106 Å². The van der Waals surface area contributed by atoms with Gasteiger partial charge in [0.25, 0.3) is 5.91 Å². The highest BCUT2D eigenvalue weighted by Crippen LogP contribution is 2.11. The number of anilines is 1. The molecule has 0 bridgehead atoms. The molecule has 17 heavy (non-hydrogen) atoms. The molecule has 1 aromatic rings. The summed E-state index contributed by atoms with van der Waals surface area (Å²) in [5, 5.41) is 0. The van der Waals surface area contributed by atoms with Crippen molar-refractivity contribution in [2.75, 3.05) is 24.8 Å². The molecule has 5 nitrogen and oxygen atoms in total. The second-order valence-electron chi connectivity index (χ2n) is 3.76. The molecule has 1 heterocycles. The Hall–Kier alpha value is -1.30. The van der Waals surface area contributed by atoms with Gasteiger partial charge in [-0.25, -0.2) is 4.98 Å². The van der Waals surface area contributed by atoms with Gasteiger partial charge in [-0.2, -0.15) is 11.8 Å². The Morgan fingerprint density at radius 1 is 1.59 bits per heavy atom. The maximum absolute atomic E-state index is 12.1. The molecular formula is C11H18N4OS. The average Bonchev–Trinajstić information content (AvgIpc) is 2.34. The van der Waals surface area contributed by atoms with Crippen molar-refractivity contribution in [1.29, 1.82) is 0 Å². The Balaban J connectivity index is 2.81. The van der Waals surface area contributed by atoms with Crippen LogP contribution >= 0.6 is 11.8 Å². The molecule has 1 unspecified atom stereocenters. The van der Waals surface area contributed by atoms with Gasteiger partial charge in [0.05, 0.1) is 12.4 Å². The zero-order valence-electron chi connectivity index (χ0n) is 10.4. The predicted octanol–water partition coefficient (Wildman–Crippen LogP) is 1.27. The minimum atomic E-state index is -0.134. The summed E-state index contributed by atoms with van der Waals surface area (Å²) >= 11 is 1.72. The summed E-state index contributed by atoms with van der Waals surface area (Å²) in [5.74, 6) is 1.04. The lowest BCUT2D eigenvalue weighted by atomic mass is 10.2. The highest BCUT2D eigenvalue weighted by atomic mass is 32.2. The minimum absolute atomic E-state index is 0.134. The quantitative estimate of drug-likeness (QED) is 0.856. The maximum Gasteiger partial charge on any atom is 0.274 e. The van der Waals surface area contributed by atoms with Crippen LogP contribution in [0.4, 0.5) is 5.82 Å². The first-order valence-electron chi connectivity index (χ1n) is 5.43. The summed E-state index contributed by atoms with van der Waals surface area (Å²) in [6.45, 7) is 2.07. The molecule has 1 atom stereocenters. The second kappa shape index (κ2) is 6.44. The lowest BCUT2D eigenvalue weighted by molar-refractivity contribution is 0.0737. The minimum Gasteiger partial charge on any atom is -0.382 e. The lowest BCUT2D eigenvalue weighted by Gasteiger charge is -2.26. The van der Waals surface area contributed by atoms with Crippen LogP contribution in [-0.2, 0) is 0 Å². The number of hydrogen-bond donors (Lipinski definition) is 1. The van der Waals surface area contributed by atoms with Crippen molar-refractivity contribution in [2.45, 2.75) is 19.4 Å². The normalized spacial score (nSPS) is 12.2. The summed E-state index contributed by atoms with van der Waals surface area (Å²) < 4.78 is 0. The van der Waals surface area contributed by atoms with Crippen molar-refractivity contribution in [3.05, 3.63) is 18.1 Å². The van der Waals surface area contributed by atoms with Crippen molar-refractivity contribution >= 4 is 23.5 Å². The highest BCUT2D eigenvalue weighted by Gasteiger charge is 2.20. The van der Waals surface area contributed by atoms with Gasteiger partial charge in [-0.05, 0) is 12.7 Å². The molecule has 1 rings (SSSR count). The van der Waals surface area contributed by atoms with Crippen LogP contribution in [0.3, 0.4) is 0 Å². The van der Waals surface area contributed by atoms with E-state index in [4.69, 9.17) is 5.73 Å². The van der Waals surface area contributed by atoms with Crippen LogP contribution in [0.25, 0.3) is 0 Å². The van der Waals surface area contributed by atoms with Crippen LogP contribution in [0.1, 0.15) is 23.8 Å². The Bertz CT molecular complexity index is 385. The number of nitrogens with zero attached hydrogens (tertiary/aromatic N) is 3. The summed E-state index contributed by atoms with van der Waals surface area (Å²) in [5.41, 5.74) is 5.81. The first-order chi connectivity index (χ1) is 8.10. The molecule has 0 saturated carbocycles. The molecule has 0 radical (unpaired) electrons. The first kappa shape index (κ1) is 13.8. The van der Waals surface area contributed by atoms with Crippen LogP contribution in [0.2, 0.25) is 0 Å². The monoisotopic (exact) mass is 254 g/mol. The van der Waals surface area contributed by atoms with E-state index in [1.165, 1.54) is 12.4 Å². The summed E-state index contributed by atoms with van der Waals surface area (Å²) in [6.07, 6.45) is 5.82. The number of carbonyl (C=O) groups is 1. The van der Waals surface area contributed by atoms with E-state index in [1.54, 1.807) is 23.7 Å². The van der Waals surface area contributed by atoms with Crippen LogP contribution in [0.15, 0.2) is 12.4 Å². The molecule has 0 aliphatic carbocycles. The van der Waals surface area contributed by atoms with Gasteiger partial charge in [0.1, 0.15) is 11.5 Å². The van der Waals surface area contributed by atoms with Gasteiger partial charge in [-0.15, -0.1) is 0 Å². The SMILES string of the molecule is CCC(CSC)N(C)C(=O)c1cncc(N)n1. The molecule has 1 aromatic heterocycles. The summed E-state index contributed by atoms with van der Waals surface area (Å²) in [7, 11) is 1.79. The zero-order chi connectivity index (χ0) is 12.8.